The summed E-state index contributed by atoms with van der Waals surface area (Å²) in [5.41, 5.74) is 6.08. The Morgan fingerprint density at radius 3 is 2.52 bits per heavy atom. The number of nitrogens with one attached hydrogen (secondary N) is 1. The van der Waals surface area contributed by atoms with E-state index in [9.17, 15) is 9.59 Å². The summed E-state index contributed by atoms with van der Waals surface area (Å²) in [5.74, 6) is -0.790. The number of benzene rings is 2. The standard InChI is InChI=1S/C16H14N2O2S/c17-16(20)12-5-4-6-13(11-12)18-15(19)9-10-21-14-7-2-1-3-8-14/h1-11H,(H2,17,20)(H,18,19)/b10-9+. The second-order valence-electron chi connectivity index (χ2n) is 4.17. The fourth-order valence-corrected chi connectivity index (χ4v) is 2.27. The van der Waals surface area contributed by atoms with E-state index in [-0.39, 0.29) is 5.91 Å². The van der Waals surface area contributed by atoms with Crippen LogP contribution in [0.4, 0.5) is 5.69 Å². The van der Waals surface area contributed by atoms with Gasteiger partial charge in [-0.1, -0.05) is 36.0 Å². The van der Waals surface area contributed by atoms with Crippen molar-refractivity contribution in [1.82, 2.24) is 0 Å². The van der Waals surface area contributed by atoms with E-state index in [1.165, 1.54) is 17.8 Å². The Kier molecular flexibility index (Phi) is 5.17. The van der Waals surface area contributed by atoms with Crippen LogP contribution in [0.3, 0.4) is 0 Å². The SMILES string of the molecule is NC(=O)c1cccc(NC(=O)/C=C/Sc2ccccc2)c1. The Hall–Kier alpha value is -2.53. The maximum atomic E-state index is 11.8. The van der Waals surface area contributed by atoms with Crippen LogP contribution in [0.5, 0.6) is 0 Å². The van der Waals surface area contributed by atoms with Crippen molar-refractivity contribution < 1.29 is 9.59 Å². The summed E-state index contributed by atoms with van der Waals surface area (Å²) in [6.07, 6.45) is 1.44. The van der Waals surface area contributed by atoms with E-state index in [2.05, 4.69) is 5.32 Å². The molecule has 2 aromatic carbocycles. The van der Waals surface area contributed by atoms with Gasteiger partial charge in [-0.15, -0.1) is 0 Å². The third-order valence-corrected chi connectivity index (χ3v) is 3.40. The highest BCUT2D eigenvalue weighted by molar-refractivity contribution is 8.02. The van der Waals surface area contributed by atoms with Gasteiger partial charge in [-0.2, -0.15) is 0 Å². The molecule has 0 radical (unpaired) electrons. The van der Waals surface area contributed by atoms with Crippen LogP contribution in [0.2, 0.25) is 0 Å². The van der Waals surface area contributed by atoms with Gasteiger partial charge >= 0.3 is 0 Å². The zero-order valence-corrected chi connectivity index (χ0v) is 12.0. The topological polar surface area (TPSA) is 72.2 Å². The number of thioether (sulfide) groups is 1. The first-order valence-corrected chi connectivity index (χ1v) is 7.12. The van der Waals surface area contributed by atoms with Crippen molar-refractivity contribution >= 4 is 29.3 Å². The average molecular weight is 298 g/mol. The molecule has 5 heteroatoms. The summed E-state index contributed by atoms with van der Waals surface area (Å²) in [6, 6.07) is 16.2. The fraction of sp³-hybridized carbons (Fsp3) is 0. The lowest BCUT2D eigenvalue weighted by atomic mass is 10.2. The molecule has 3 N–H and O–H groups in total. The van der Waals surface area contributed by atoms with Crippen molar-refractivity contribution in [2.24, 2.45) is 5.73 Å². The van der Waals surface area contributed by atoms with E-state index < -0.39 is 5.91 Å². The number of amides is 2. The van der Waals surface area contributed by atoms with E-state index >= 15 is 0 Å². The largest absolute Gasteiger partial charge is 0.366 e. The molecule has 0 heterocycles. The summed E-state index contributed by atoms with van der Waals surface area (Å²) in [4.78, 5) is 23.9. The summed E-state index contributed by atoms with van der Waals surface area (Å²) in [6.45, 7) is 0. The van der Waals surface area contributed by atoms with Gasteiger partial charge in [-0.3, -0.25) is 9.59 Å². The molecule has 0 saturated carbocycles. The van der Waals surface area contributed by atoms with Crippen molar-refractivity contribution in [2.75, 3.05) is 5.32 Å². The first kappa shape index (κ1) is 14.9. The highest BCUT2D eigenvalue weighted by Gasteiger charge is 2.02. The molecule has 0 spiro atoms. The van der Waals surface area contributed by atoms with Gasteiger partial charge in [0.05, 0.1) is 0 Å². The lowest BCUT2D eigenvalue weighted by Gasteiger charge is -2.03. The molecule has 4 nitrogen and oxygen atoms in total. The molecule has 0 unspecified atom stereocenters. The first-order valence-electron chi connectivity index (χ1n) is 6.24. The van der Waals surface area contributed by atoms with Gasteiger partial charge in [0.25, 0.3) is 0 Å². The predicted octanol–water partition coefficient (Wildman–Crippen LogP) is 3.03. The highest BCUT2D eigenvalue weighted by Crippen LogP contribution is 2.18. The molecule has 106 valence electrons. The van der Waals surface area contributed by atoms with Gasteiger partial charge in [-0.25, -0.2) is 0 Å². The van der Waals surface area contributed by atoms with Crippen LogP contribution in [0.15, 0.2) is 71.0 Å². The third kappa shape index (κ3) is 4.81. The maximum Gasteiger partial charge on any atom is 0.248 e. The molecular formula is C16H14N2O2S. The lowest BCUT2D eigenvalue weighted by Crippen LogP contribution is -2.12. The minimum atomic E-state index is -0.527. The molecule has 0 saturated heterocycles. The Bertz CT molecular complexity index is 669. The summed E-state index contributed by atoms with van der Waals surface area (Å²) in [7, 11) is 0. The van der Waals surface area contributed by atoms with Crippen molar-refractivity contribution in [1.29, 1.82) is 0 Å². The lowest BCUT2D eigenvalue weighted by molar-refractivity contribution is -0.111. The van der Waals surface area contributed by atoms with Crippen molar-refractivity contribution in [3.63, 3.8) is 0 Å². The van der Waals surface area contributed by atoms with Gasteiger partial charge in [0.15, 0.2) is 0 Å². The van der Waals surface area contributed by atoms with Crippen molar-refractivity contribution in [3.8, 4) is 0 Å². The predicted molar refractivity (Wildman–Crippen MR) is 85.0 cm³/mol. The number of hydrogen-bond donors (Lipinski definition) is 2. The normalized spacial score (nSPS) is 10.5. The molecule has 0 atom stereocenters. The average Bonchev–Trinajstić information content (AvgIpc) is 2.48. The molecule has 21 heavy (non-hydrogen) atoms. The smallest absolute Gasteiger partial charge is 0.248 e. The first-order chi connectivity index (χ1) is 10.1. The van der Waals surface area contributed by atoms with Gasteiger partial charge in [-0.05, 0) is 35.7 Å². The van der Waals surface area contributed by atoms with Crippen LogP contribution < -0.4 is 11.1 Å². The van der Waals surface area contributed by atoms with Crippen LogP contribution in [-0.4, -0.2) is 11.8 Å². The number of carbonyl (C=O) groups is 2. The molecule has 2 amide bonds. The van der Waals surface area contributed by atoms with Crippen LogP contribution in [0.1, 0.15) is 10.4 Å². The number of anilines is 1. The maximum absolute atomic E-state index is 11.8. The molecule has 0 bridgehead atoms. The van der Waals surface area contributed by atoms with E-state index in [1.54, 1.807) is 29.7 Å². The van der Waals surface area contributed by atoms with Crippen LogP contribution in [0, 0.1) is 0 Å². The van der Waals surface area contributed by atoms with Crippen LogP contribution >= 0.6 is 11.8 Å². The van der Waals surface area contributed by atoms with Gasteiger partial charge < -0.3 is 11.1 Å². The quantitative estimate of drug-likeness (QED) is 0.658. The molecule has 0 aromatic heterocycles. The summed E-state index contributed by atoms with van der Waals surface area (Å²) in [5, 5.41) is 4.39. The highest BCUT2D eigenvalue weighted by atomic mass is 32.2. The van der Waals surface area contributed by atoms with Crippen molar-refractivity contribution in [2.45, 2.75) is 4.90 Å². The van der Waals surface area contributed by atoms with Gasteiger partial charge in [0.1, 0.15) is 0 Å². The number of primary amides is 1. The molecular weight excluding hydrogens is 284 g/mol. The van der Waals surface area contributed by atoms with E-state index in [0.29, 0.717) is 11.3 Å². The number of hydrogen-bond acceptors (Lipinski definition) is 3. The Labute approximate surface area is 127 Å². The van der Waals surface area contributed by atoms with Crippen LogP contribution in [0.25, 0.3) is 0 Å². The monoisotopic (exact) mass is 298 g/mol. The summed E-state index contributed by atoms with van der Waals surface area (Å²) < 4.78 is 0. The van der Waals surface area contributed by atoms with E-state index in [4.69, 9.17) is 5.73 Å². The summed E-state index contributed by atoms with van der Waals surface area (Å²) >= 11 is 1.45. The zero-order valence-electron chi connectivity index (χ0n) is 11.2. The number of carbonyl (C=O) groups excluding carboxylic acids is 2. The Morgan fingerprint density at radius 2 is 1.81 bits per heavy atom. The second-order valence-corrected chi connectivity index (χ2v) is 5.15. The van der Waals surface area contributed by atoms with E-state index in [0.717, 1.165) is 4.90 Å². The fourth-order valence-electron chi connectivity index (χ4n) is 1.61. The van der Waals surface area contributed by atoms with Crippen LogP contribution in [-0.2, 0) is 4.79 Å². The molecule has 2 aromatic rings. The van der Waals surface area contributed by atoms with Crippen molar-refractivity contribution in [3.05, 3.63) is 71.6 Å². The molecule has 0 aliphatic rings. The van der Waals surface area contributed by atoms with Gasteiger partial charge in [0.2, 0.25) is 11.8 Å². The molecule has 2 rings (SSSR count). The minimum Gasteiger partial charge on any atom is -0.366 e. The third-order valence-electron chi connectivity index (χ3n) is 2.58. The minimum absolute atomic E-state index is 0.264. The van der Waals surface area contributed by atoms with E-state index in [1.807, 2.05) is 30.3 Å². The van der Waals surface area contributed by atoms with Gasteiger partial charge in [0, 0.05) is 22.2 Å². The molecule has 0 fully saturated rings. The Balaban J connectivity index is 1.92. The number of nitrogens with two attached hydrogens (primary N) is 1. The molecule has 0 aliphatic carbocycles. The zero-order chi connectivity index (χ0) is 15.1. The second kappa shape index (κ2) is 7.31. The molecule has 0 aliphatic heterocycles. The Morgan fingerprint density at radius 1 is 1.05 bits per heavy atom. The number of rotatable bonds is 5.